The molecule has 0 N–H and O–H groups in total. The Morgan fingerprint density at radius 3 is 2.35 bits per heavy atom. The smallest absolute Gasteiger partial charge is 0.272 e. The standard InChI is InChI=1S/C19H17N3O4/c1-9-2-3-10(6-15(9)22(25)26)8-20-21-18(23)16-11-4-5-12(14-7-13(11)14)17(16)19(21)24/h2-6,8,11-14,16-17H,7H2,1H3/b20-8-/t11-,12-,13-,14+,16-,17+/m0/s1. The SMILES string of the molecule is Cc1ccc(/C=N\N2C(=O)[C@@H]3[C@H]4C=C[C@@H]([C@@H]5C[C@H]45)[C@@H]3C2=O)cc1[N+](=O)[O-]. The van der Waals surface area contributed by atoms with E-state index in [9.17, 15) is 19.7 Å². The van der Waals surface area contributed by atoms with Crippen LogP contribution in [0.1, 0.15) is 17.5 Å². The van der Waals surface area contributed by atoms with Gasteiger partial charge in [0.05, 0.1) is 23.0 Å². The summed E-state index contributed by atoms with van der Waals surface area (Å²) in [5, 5.41) is 16.1. The van der Waals surface area contributed by atoms with Crippen LogP contribution in [-0.4, -0.2) is 28.0 Å². The van der Waals surface area contributed by atoms with Gasteiger partial charge in [-0.15, -0.1) is 0 Å². The second-order valence-electron chi connectivity index (χ2n) is 7.69. The average molecular weight is 351 g/mol. The van der Waals surface area contributed by atoms with Crippen molar-refractivity contribution < 1.29 is 14.5 Å². The lowest BCUT2D eigenvalue weighted by Gasteiger charge is -2.37. The number of imide groups is 1. The summed E-state index contributed by atoms with van der Waals surface area (Å²) < 4.78 is 0. The third-order valence-electron chi connectivity index (χ3n) is 6.39. The molecular formula is C19H17N3O4. The number of hydrogen-bond donors (Lipinski definition) is 0. The Balaban J connectivity index is 1.43. The predicted molar refractivity (Wildman–Crippen MR) is 92.0 cm³/mol. The Labute approximate surface area is 149 Å². The Bertz CT molecular complexity index is 885. The number of rotatable bonds is 3. The number of nitrogens with zero attached hydrogens (tertiary/aromatic N) is 3. The zero-order chi connectivity index (χ0) is 18.2. The Morgan fingerprint density at radius 1 is 1.15 bits per heavy atom. The number of hydrazone groups is 1. The van der Waals surface area contributed by atoms with E-state index in [1.165, 1.54) is 12.3 Å². The van der Waals surface area contributed by atoms with Crippen LogP contribution in [0, 0.1) is 52.5 Å². The lowest BCUT2D eigenvalue weighted by Crippen LogP contribution is -2.40. The van der Waals surface area contributed by atoms with Crippen molar-refractivity contribution in [2.45, 2.75) is 13.3 Å². The van der Waals surface area contributed by atoms with Gasteiger partial charge in [0.1, 0.15) is 0 Å². The average Bonchev–Trinajstić information content (AvgIpc) is 3.40. The molecule has 1 aromatic rings. The topological polar surface area (TPSA) is 92.9 Å². The van der Waals surface area contributed by atoms with Crippen molar-refractivity contribution in [3.63, 3.8) is 0 Å². The number of benzene rings is 1. The van der Waals surface area contributed by atoms with Crippen LogP contribution < -0.4 is 0 Å². The maximum absolute atomic E-state index is 12.8. The molecule has 2 bridgehead atoms. The summed E-state index contributed by atoms with van der Waals surface area (Å²) in [6.45, 7) is 1.66. The first kappa shape index (κ1) is 15.4. The van der Waals surface area contributed by atoms with Gasteiger partial charge in [-0.2, -0.15) is 10.1 Å². The molecule has 0 unspecified atom stereocenters. The van der Waals surface area contributed by atoms with Crippen molar-refractivity contribution in [2.75, 3.05) is 0 Å². The maximum atomic E-state index is 12.8. The van der Waals surface area contributed by atoms with Gasteiger partial charge in [-0.25, -0.2) is 0 Å². The highest BCUT2D eigenvalue weighted by atomic mass is 16.6. The molecule has 5 aliphatic rings. The Morgan fingerprint density at radius 2 is 1.77 bits per heavy atom. The van der Waals surface area contributed by atoms with Crippen LogP contribution in [0.15, 0.2) is 35.5 Å². The molecule has 7 nitrogen and oxygen atoms in total. The lowest BCUT2D eigenvalue weighted by molar-refractivity contribution is -0.385. The van der Waals surface area contributed by atoms with Gasteiger partial charge in [0.25, 0.3) is 17.5 Å². The van der Waals surface area contributed by atoms with Crippen LogP contribution >= 0.6 is 0 Å². The van der Waals surface area contributed by atoms with Crippen LogP contribution in [0.2, 0.25) is 0 Å². The molecule has 132 valence electrons. The number of nitro groups is 1. The molecule has 0 spiro atoms. The van der Waals surface area contributed by atoms with E-state index in [1.54, 1.807) is 19.1 Å². The van der Waals surface area contributed by atoms with Crippen LogP contribution in [0.5, 0.6) is 0 Å². The van der Waals surface area contributed by atoms with Crippen LogP contribution in [0.25, 0.3) is 0 Å². The fourth-order valence-electron chi connectivity index (χ4n) is 5.08. The monoisotopic (exact) mass is 351 g/mol. The number of hydrogen-bond acceptors (Lipinski definition) is 5. The van der Waals surface area contributed by atoms with E-state index in [-0.39, 0.29) is 41.2 Å². The van der Waals surface area contributed by atoms with Crippen LogP contribution in [-0.2, 0) is 9.59 Å². The zero-order valence-corrected chi connectivity index (χ0v) is 14.1. The fraction of sp³-hybridized carbons (Fsp3) is 0.421. The first-order valence-corrected chi connectivity index (χ1v) is 8.82. The molecule has 1 saturated heterocycles. The zero-order valence-electron chi connectivity index (χ0n) is 14.1. The van der Waals surface area contributed by atoms with Crippen molar-refractivity contribution >= 4 is 23.7 Å². The molecule has 1 aliphatic heterocycles. The third kappa shape index (κ3) is 1.97. The van der Waals surface area contributed by atoms with Crippen molar-refractivity contribution in [2.24, 2.45) is 40.6 Å². The van der Waals surface area contributed by atoms with E-state index in [4.69, 9.17) is 0 Å². The molecule has 4 aliphatic carbocycles. The summed E-state index contributed by atoms with van der Waals surface area (Å²) in [6, 6.07) is 4.71. The summed E-state index contributed by atoms with van der Waals surface area (Å²) in [7, 11) is 0. The van der Waals surface area contributed by atoms with Crippen LogP contribution in [0.4, 0.5) is 5.69 Å². The van der Waals surface area contributed by atoms with E-state index in [0.29, 0.717) is 23.0 Å². The van der Waals surface area contributed by atoms with E-state index in [0.717, 1.165) is 11.4 Å². The number of nitro benzene ring substituents is 1. The molecule has 26 heavy (non-hydrogen) atoms. The molecule has 1 aromatic carbocycles. The second-order valence-corrected chi connectivity index (χ2v) is 7.69. The Hall–Kier alpha value is -2.83. The van der Waals surface area contributed by atoms with Gasteiger partial charge in [0.2, 0.25) is 0 Å². The van der Waals surface area contributed by atoms with Crippen molar-refractivity contribution in [3.05, 3.63) is 51.6 Å². The summed E-state index contributed by atoms with van der Waals surface area (Å²) in [5.41, 5.74) is 1.03. The van der Waals surface area contributed by atoms with Crippen molar-refractivity contribution in [1.29, 1.82) is 0 Å². The molecule has 6 rings (SSSR count). The molecular weight excluding hydrogens is 334 g/mol. The van der Waals surface area contributed by atoms with Gasteiger partial charge < -0.3 is 0 Å². The summed E-state index contributed by atoms with van der Waals surface area (Å²) in [4.78, 5) is 36.2. The number of amides is 2. The van der Waals surface area contributed by atoms with Gasteiger partial charge in [-0.1, -0.05) is 24.3 Å². The molecule has 7 heteroatoms. The predicted octanol–water partition coefficient (Wildman–Crippen LogP) is 2.29. The van der Waals surface area contributed by atoms with Gasteiger partial charge in [0, 0.05) is 17.2 Å². The minimum absolute atomic E-state index is 0.0102. The molecule has 0 radical (unpaired) electrons. The number of carbonyl (C=O) groups is 2. The minimum atomic E-state index is -0.455. The fourth-order valence-corrected chi connectivity index (χ4v) is 5.08. The summed E-state index contributed by atoms with van der Waals surface area (Å²) >= 11 is 0. The first-order chi connectivity index (χ1) is 12.5. The third-order valence-corrected chi connectivity index (χ3v) is 6.39. The molecule has 6 atom stereocenters. The van der Waals surface area contributed by atoms with E-state index in [1.807, 2.05) is 0 Å². The number of aryl methyl sites for hydroxylation is 1. The number of carbonyl (C=O) groups excluding carboxylic acids is 2. The first-order valence-electron chi connectivity index (χ1n) is 8.82. The largest absolute Gasteiger partial charge is 0.272 e. The lowest BCUT2D eigenvalue weighted by atomic mass is 9.63. The molecule has 1 heterocycles. The van der Waals surface area contributed by atoms with Crippen molar-refractivity contribution in [1.82, 2.24) is 5.01 Å². The molecule has 2 amide bonds. The minimum Gasteiger partial charge on any atom is -0.272 e. The normalized spacial score (nSPS) is 36.6. The van der Waals surface area contributed by atoms with E-state index in [2.05, 4.69) is 17.3 Å². The second kappa shape index (κ2) is 5.09. The van der Waals surface area contributed by atoms with Gasteiger partial charge in [-0.3, -0.25) is 19.7 Å². The molecule has 2 saturated carbocycles. The highest BCUT2D eigenvalue weighted by Gasteiger charge is 2.67. The van der Waals surface area contributed by atoms with Gasteiger partial charge >= 0.3 is 0 Å². The Kier molecular flexibility index (Phi) is 3.02. The highest BCUT2D eigenvalue weighted by molar-refractivity contribution is 6.06. The maximum Gasteiger partial charge on any atom is 0.272 e. The van der Waals surface area contributed by atoms with Gasteiger partial charge in [0.15, 0.2) is 0 Å². The van der Waals surface area contributed by atoms with Crippen LogP contribution in [0.3, 0.4) is 0 Å². The summed E-state index contributed by atoms with van der Waals surface area (Å²) in [6.07, 6.45) is 6.70. The van der Waals surface area contributed by atoms with Crippen molar-refractivity contribution in [3.8, 4) is 0 Å². The van der Waals surface area contributed by atoms with E-state index >= 15 is 0 Å². The molecule has 0 aromatic heterocycles. The quantitative estimate of drug-likeness (QED) is 0.275. The van der Waals surface area contributed by atoms with Gasteiger partial charge in [-0.05, 0) is 37.0 Å². The van der Waals surface area contributed by atoms with E-state index < -0.39 is 4.92 Å². The number of allylic oxidation sites excluding steroid dienone is 2. The molecule has 3 fully saturated rings. The highest BCUT2D eigenvalue weighted by Crippen LogP contribution is 2.65. The summed E-state index contributed by atoms with van der Waals surface area (Å²) in [5.74, 6) is 0.374.